The second-order valence-corrected chi connectivity index (χ2v) is 6.08. The molecule has 1 aliphatic heterocycles. The predicted molar refractivity (Wildman–Crippen MR) is 82.1 cm³/mol. The van der Waals surface area contributed by atoms with E-state index in [0.29, 0.717) is 6.42 Å². The van der Waals surface area contributed by atoms with Gasteiger partial charge < -0.3 is 5.32 Å². The molecule has 4 heteroatoms. The molecule has 1 saturated carbocycles. The zero-order valence-electron chi connectivity index (χ0n) is 12.5. The fourth-order valence-electron chi connectivity index (χ4n) is 3.53. The molecular weight excluding hydrogens is 264 g/mol. The van der Waals surface area contributed by atoms with Crippen LogP contribution in [0.3, 0.4) is 0 Å². The van der Waals surface area contributed by atoms with Crippen LogP contribution in [-0.2, 0) is 16.0 Å². The van der Waals surface area contributed by atoms with E-state index >= 15 is 0 Å². The average molecular weight is 286 g/mol. The summed E-state index contributed by atoms with van der Waals surface area (Å²) in [6, 6.07) is 7.68. The minimum Gasteiger partial charge on any atom is -0.352 e. The van der Waals surface area contributed by atoms with Crippen LogP contribution in [0.1, 0.15) is 44.6 Å². The zero-order chi connectivity index (χ0) is 14.8. The van der Waals surface area contributed by atoms with Crippen LogP contribution < -0.4 is 10.2 Å². The van der Waals surface area contributed by atoms with E-state index in [1.807, 2.05) is 24.3 Å². The highest BCUT2D eigenvalue weighted by atomic mass is 16.2. The van der Waals surface area contributed by atoms with Crippen LogP contribution in [0.25, 0.3) is 0 Å². The van der Waals surface area contributed by atoms with E-state index in [2.05, 4.69) is 5.32 Å². The van der Waals surface area contributed by atoms with Gasteiger partial charge in [-0.05, 0) is 24.5 Å². The molecular formula is C17H22N2O2. The van der Waals surface area contributed by atoms with E-state index in [1.54, 1.807) is 4.90 Å². The number of nitrogens with one attached hydrogen (secondary N) is 1. The smallest absolute Gasteiger partial charge is 0.243 e. The molecule has 1 unspecified atom stereocenters. The summed E-state index contributed by atoms with van der Waals surface area (Å²) in [7, 11) is 0. The number of benzene rings is 1. The average Bonchev–Trinajstić information content (AvgIpc) is 2.88. The highest BCUT2D eigenvalue weighted by Crippen LogP contribution is 2.32. The summed E-state index contributed by atoms with van der Waals surface area (Å²) in [4.78, 5) is 26.2. The van der Waals surface area contributed by atoms with Gasteiger partial charge in [0.05, 0.1) is 0 Å². The Bertz CT molecular complexity index is 549. The molecule has 0 aromatic heterocycles. The SMILES string of the molecule is CC(=O)N1c2ccccc2CC1C(=O)NC1CCCCC1. The highest BCUT2D eigenvalue weighted by molar-refractivity contribution is 6.02. The van der Waals surface area contributed by atoms with E-state index in [0.717, 1.165) is 24.1 Å². The van der Waals surface area contributed by atoms with Gasteiger partial charge in [0.2, 0.25) is 11.8 Å². The summed E-state index contributed by atoms with van der Waals surface area (Å²) in [5.74, 6) is -0.0722. The van der Waals surface area contributed by atoms with Crippen molar-refractivity contribution >= 4 is 17.5 Å². The van der Waals surface area contributed by atoms with Crippen LogP contribution >= 0.6 is 0 Å². The Hall–Kier alpha value is -1.84. The number of carbonyl (C=O) groups is 2. The molecule has 1 aromatic carbocycles. The molecule has 0 bridgehead atoms. The summed E-state index contributed by atoms with van der Waals surface area (Å²) in [6.07, 6.45) is 6.38. The van der Waals surface area contributed by atoms with Gasteiger partial charge in [-0.1, -0.05) is 37.5 Å². The molecule has 4 nitrogen and oxygen atoms in total. The highest BCUT2D eigenvalue weighted by Gasteiger charge is 2.37. The molecule has 1 aromatic rings. The van der Waals surface area contributed by atoms with Gasteiger partial charge in [0.1, 0.15) is 6.04 Å². The molecule has 0 radical (unpaired) electrons. The van der Waals surface area contributed by atoms with Crippen LogP contribution in [0, 0.1) is 0 Å². The van der Waals surface area contributed by atoms with E-state index < -0.39 is 0 Å². The molecule has 2 amide bonds. The van der Waals surface area contributed by atoms with Crippen molar-refractivity contribution in [2.45, 2.75) is 57.5 Å². The third kappa shape index (κ3) is 2.80. The van der Waals surface area contributed by atoms with Crippen molar-refractivity contribution in [1.82, 2.24) is 5.32 Å². The molecule has 1 fully saturated rings. The monoisotopic (exact) mass is 286 g/mol. The van der Waals surface area contributed by atoms with Crippen LogP contribution in [0.4, 0.5) is 5.69 Å². The number of nitrogens with zero attached hydrogens (tertiary/aromatic N) is 1. The largest absolute Gasteiger partial charge is 0.352 e. The van der Waals surface area contributed by atoms with Gasteiger partial charge in [0.15, 0.2) is 0 Å². The van der Waals surface area contributed by atoms with Crippen molar-refractivity contribution in [3.8, 4) is 0 Å². The van der Waals surface area contributed by atoms with Gasteiger partial charge in [-0.3, -0.25) is 14.5 Å². The Kier molecular flexibility index (Phi) is 3.95. The van der Waals surface area contributed by atoms with E-state index in [-0.39, 0.29) is 23.9 Å². The number of anilines is 1. The summed E-state index contributed by atoms with van der Waals surface area (Å²) >= 11 is 0. The number of hydrogen-bond acceptors (Lipinski definition) is 2. The standard InChI is InChI=1S/C17H22N2O2/c1-12(20)19-15-10-6-5-7-13(15)11-16(19)17(21)18-14-8-3-2-4-9-14/h5-7,10,14,16H,2-4,8-9,11H2,1H3,(H,18,21). The molecule has 21 heavy (non-hydrogen) atoms. The van der Waals surface area contributed by atoms with Crippen LogP contribution in [0.15, 0.2) is 24.3 Å². The minimum absolute atomic E-state index is 0.00620. The number of amides is 2. The molecule has 0 spiro atoms. The van der Waals surface area contributed by atoms with Crippen molar-refractivity contribution < 1.29 is 9.59 Å². The Morgan fingerprint density at radius 3 is 2.57 bits per heavy atom. The number of carbonyl (C=O) groups excluding carboxylic acids is 2. The molecule has 1 aliphatic carbocycles. The lowest BCUT2D eigenvalue weighted by Crippen LogP contribution is -2.50. The Labute approximate surface area is 125 Å². The molecule has 2 aliphatic rings. The maximum absolute atomic E-state index is 12.6. The van der Waals surface area contributed by atoms with Gasteiger partial charge in [-0.15, -0.1) is 0 Å². The lowest BCUT2D eigenvalue weighted by molar-refractivity contribution is -0.126. The maximum Gasteiger partial charge on any atom is 0.243 e. The molecule has 1 atom stereocenters. The normalized spacial score (nSPS) is 22.0. The van der Waals surface area contributed by atoms with Gasteiger partial charge in [0.25, 0.3) is 0 Å². The first-order valence-corrected chi connectivity index (χ1v) is 7.85. The van der Waals surface area contributed by atoms with Gasteiger partial charge in [-0.2, -0.15) is 0 Å². The van der Waals surface area contributed by atoms with Crippen molar-refractivity contribution in [2.75, 3.05) is 4.90 Å². The van der Waals surface area contributed by atoms with Crippen molar-refractivity contribution in [3.63, 3.8) is 0 Å². The van der Waals surface area contributed by atoms with Crippen molar-refractivity contribution in [3.05, 3.63) is 29.8 Å². The first-order valence-electron chi connectivity index (χ1n) is 7.85. The Morgan fingerprint density at radius 2 is 1.86 bits per heavy atom. The fourth-order valence-corrected chi connectivity index (χ4v) is 3.53. The zero-order valence-corrected chi connectivity index (χ0v) is 12.5. The first-order chi connectivity index (χ1) is 10.2. The summed E-state index contributed by atoms with van der Waals surface area (Å²) in [5.41, 5.74) is 1.96. The molecule has 1 heterocycles. The van der Waals surface area contributed by atoms with Crippen LogP contribution in [0.2, 0.25) is 0 Å². The van der Waals surface area contributed by atoms with E-state index in [4.69, 9.17) is 0 Å². The maximum atomic E-state index is 12.6. The molecule has 0 saturated heterocycles. The van der Waals surface area contributed by atoms with Gasteiger partial charge in [-0.25, -0.2) is 0 Å². The topological polar surface area (TPSA) is 49.4 Å². The van der Waals surface area contributed by atoms with Crippen molar-refractivity contribution in [1.29, 1.82) is 0 Å². The van der Waals surface area contributed by atoms with Crippen LogP contribution in [0.5, 0.6) is 0 Å². The fraction of sp³-hybridized carbons (Fsp3) is 0.529. The Morgan fingerprint density at radius 1 is 1.14 bits per heavy atom. The summed E-state index contributed by atoms with van der Waals surface area (Å²) in [5, 5.41) is 3.15. The number of para-hydroxylation sites is 1. The third-order valence-corrected chi connectivity index (χ3v) is 4.57. The quantitative estimate of drug-likeness (QED) is 0.907. The third-order valence-electron chi connectivity index (χ3n) is 4.57. The predicted octanol–water partition coefficient (Wildman–Crippen LogP) is 2.41. The second-order valence-electron chi connectivity index (χ2n) is 6.08. The van der Waals surface area contributed by atoms with Gasteiger partial charge >= 0.3 is 0 Å². The van der Waals surface area contributed by atoms with Gasteiger partial charge in [0, 0.05) is 25.1 Å². The van der Waals surface area contributed by atoms with E-state index in [9.17, 15) is 9.59 Å². The molecule has 3 rings (SSSR count). The Balaban J connectivity index is 1.75. The summed E-state index contributed by atoms with van der Waals surface area (Å²) in [6.45, 7) is 1.53. The summed E-state index contributed by atoms with van der Waals surface area (Å²) < 4.78 is 0. The number of rotatable bonds is 2. The second kappa shape index (κ2) is 5.88. The first kappa shape index (κ1) is 14.1. The lowest BCUT2D eigenvalue weighted by Gasteiger charge is -2.28. The van der Waals surface area contributed by atoms with Crippen LogP contribution in [-0.4, -0.2) is 23.9 Å². The number of hydrogen-bond donors (Lipinski definition) is 1. The molecule has 1 N–H and O–H groups in total. The number of fused-ring (bicyclic) bond motifs is 1. The van der Waals surface area contributed by atoms with Crippen molar-refractivity contribution in [2.24, 2.45) is 0 Å². The lowest BCUT2D eigenvalue weighted by atomic mass is 9.95. The minimum atomic E-state index is -0.387. The molecule has 112 valence electrons. The van der Waals surface area contributed by atoms with E-state index in [1.165, 1.54) is 26.2 Å².